The summed E-state index contributed by atoms with van der Waals surface area (Å²) in [7, 11) is 0. The van der Waals surface area contributed by atoms with Gasteiger partial charge in [0.05, 0.1) is 18.2 Å². The van der Waals surface area contributed by atoms with Gasteiger partial charge in [-0.15, -0.1) is 12.4 Å². The molecule has 2 N–H and O–H groups in total. The van der Waals surface area contributed by atoms with Gasteiger partial charge in [-0.05, 0) is 31.2 Å². The van der Waals surface area contributed by atoms with Crippen molar-refractivity contribution >= 4 is 35.6 Å². The molecule has 0 spiro atoms. The van der Waals surface area contributed by atoms with Crippen LogP contribution in [-0.4, -0.2) is 31.4 Å². The molecular formula is C11H16Cl3NO2. The molecule has 0 amide bonds. The zero-order valence-electron chi connectivity index (χ0n) is 9.29. The summed E-state index contributed by atoms with van der Waals surface area (Å²) in [6.45, 7) is 2.16. The molecule has 0 fully saturated rings. The predicted molar refractivity (Wildman–Crippen MR) is 73.8 cm³/mol. The average Bonchev–Trinajstić information content (AvgIpc) is 2.26. The number of aliphatic hydroxyl groups excluding tert-OH is 1. The summed E-state index contributed by atoms with van der Waals surface area (Å²) in [5.74, 6) is 0.647. The van der Waals surface area contributed by atoms with Crippen molar-refractivity contribution in [3.8, 4) is 5.75 Å². The molecule has 0 aliphatic rings. The molecule has 0 saturated heterocycles. The SMILES string of the molecule is Cl.OCCNCCCOc1ccc(Cl)cc1Cl. The molecule has 0 atom stereocenters. The zero-order chi connectivity index (χ0) is 11.8. The Labute approximate surface area is 117 Å². The molecule has 98 valence electrons. The van der Waals surface area contributed by atoms with E-state index >= 15 is 0 Å². The van der Waals surface area contributed by atoms with Crippen molar-refractivity contribution in [2.75, 3.05) is 26.3 Å². The normalized spacial score (nSPS) is 9.82. The number of halogens is 3. The first-order valence-corrected chi connectivity index (χ1v) is 5.89. The number of benzene rings is 1. The summed E-state index contributed by atoms with van der Waals surface area (Å²) in [5.41, 5.74) is 0. The second-order valence-corrected chi connectivity index (χ2v) is 4.09. The highest BCUT2D eigenvalue weighted by atomic mass is 35.5. The van der Waals surface area contributed by atoms with Gasteiger partial charge in [0.1, 0.15) is 5.75 Å². The molecule has 0 saturated carbocycles. The van der Waals surface area contributed by atoms with Gasteiger partial charge in [-0.3, -0.25) is 0 Å². The second kappa shape index (κ2) is 9.80. The van der Waals surface area contributed by atoms with E-state index in [4.69, 9.17) is 33.0 Å². The topological polar surface area (TPSA) is 41.5 Å². The molecule has 0 aromatic heterocycles. The van der Waals surface area contributed by atoms with Crippen molar-refractivity contribution in [2.45, 2.75) is 6.42 Å². The van der Waals surface area contributed by atoms with E-state index < -0.39 is 0 Å². The first kappa shape index (κ1) is 16.8. The molecule has 0 radical (unpaired) electrons. The van der Waals surface area contributed by atoms with E-state index in [1.54, 1.807) is 18.2 Å². The summed E-state index contributed by atoms with van der Waals surface area (Å²) in [5, 5.41) is 12.7. The van der Waals surface area contributed by atoms with Crippen molar-refractivity contribution in [2.24, 2.45) is 0 Å². The monoisotopic (exact) mass is 299 g/mol. The predicted octanol–water partition coefficient (Wildman–Crippen LogP) is 2.77. The van der Waals surface area contributed by atoms with Crippen LogP contribution in [0.1, 0.15) is 6.42 Å². The van der Waals surface area contributed by atoms with Crippen LogP contribution in [0.4, 0.5) is 0 Å². The Morgan fingerprint density at radius 1 is 1.24 bits per heavy atom. The lowest BCUT2D eigenvalue weighted by Gasteiger charge is -2.08. The van der Waals surface area contributed by atoms with E-state index in [1.165, 1.54) is 0 Å². The van der Waals surface area contributed by atoms with Gasteiger partial charge in [-0.1, -0.05) is 23.2 Å². The fourth-order valence-electron chi connectivity index (χ4n) is 1.18. The quantitative estimate of drug-likeness (QED) is 0.761. The van der Waals surface area contributed by atoms with Gasteiger partial charge in [0.25, 0.3) is 0 Å². The van der Waals surface area contributed by atoms with E-state index in [0.717, 1.165) is 13.0 Å². The van der Waals surface area contributed by atoms with Crippen molar-refractivity contribution in [3.63, 3.8) is 0 Å². The summed E-state index contributed by atoms with van der Waals surface area (Å²) >= 11 is 11.7. The number of nitrogens with one attached hydrogen (secondary N) is 1. The minimum absolute atomic E-state index is 0. The Bertz CT molecular complexity index is 324. The van der Waals surface area contributed by atoms with Gasteiger partial charge in [0, 0.05) is 11.6 Å². The molecule has 17 heavy (non-hydrogen) atoms. The van der Waals surface area contributed by atoms with E-state index in [1.807, 2.05) is 0 Å². The summed E-state index contributed by atoms with van der Waals surface area (Å²) in [4.78, 5) is 0. The molecule has 0 aliphatic heterocycles. The molecule has 0 heterocycles. The van der Waals surface area contributed by atoms with Crippen LogP contribution in [0.25, 0.3) is 0 Å². The standard InChI is InChI=1S/C11H15Cl2NO2.ClH/c12-9-2-3-11(10(13)8-9)16-7-1-4-14-5-6-15;/h2-3,8,14-15H,1,4-7H2;1H. The Hall–Kier alpha value is -0.190. The second-order valence-electron chi connectivity index (χ2n) is 3.25. The highest BCUT2D eigenvalue weighted by Crippen LogP contribution is 2.27. The van der Waals surface area contributed by atoms with Gasteiger partial charge in [-0.25, -0.2) is 0 Å². The van der Waals surface area contributed by atoms with Gasteiger partial charge in [0.2, 0.25) is 0 Å². The lowest BCUT2D eigenvalue weighted by atomic mass is 10.3. The van der Waals surface area contributed by atoms with Gasteiger partial charge >= 0.3 is 0 Å². The smallest absolute Gasteiger partial charge is 0.137 e. The van der Waals surface area contributed by atoms with Crippen LogP contribution in [0.3, 0.4) is 0 Å². The van der Waals surface area contributed by atoms with E-state index in [2.05, 4.69) is 5.32 Å². The van der Waals surface area contributed by atoms with Crippen LogP contribution in [0.2, 0.25) is 10.0 Å². The van der Waals surface area contributed by atoms with Crippen LogP contribution < -0.4 is 10.1 Å². The van der Waals surface area contributed by atoms with Crippen LogP contribution in [-0.2, 0) is 0 Å². The molecule has 0 unspecified atom stereocenters. The fraction of sp³-hybridized carbons (Fsp3) is 0.455. The van der Waals surface area contributed by atoms with Crippen molar-refractivity contribution < 1.29 is 9.84 Å². The third-order valence-electron chi connectivity index (χ3n) is 1.94. The summed E-state index contributed by atoms with van der Waals surface area (Å²) in [6.07, 6.45) is 0.860. The zero-order valence-corrected chi connectivity index (χ0v) is 11.6. The van der Waals surface area contributed by atoms with E-state index in [-0.39, 0.29) is 19.0 Å². The van der Waals surface area contributed by atoms with Crippen LogP contribution in [0.15, 0.2) is 18.2 Å². The largest absolute Gasteiger partial charge is 0.492 e. The molecule has 1 aromatic carbocycles. The van der Waals surface area contributed by atoms with E-state index in [0.29, 0.717) is 28.9 Å². The minimum Gasteiger partial charge on any atom is -0.492 e. The van der Waals surface area contributed by atoms with Crippen molar-refractivity contribution in [1.29, 1.82) is 0 Å². The Morgan fingerprint density at radius 3 is 2.65 bits per heavy atom. The first-order chi connectivity index (χ1) is 7.74. The Morgan fingerprint density at radius 2 is 2.00 bits per heavy atom. The van der Waals surface area contributed by atoms with Crippen molar-refractivity contribution in [3.05, 3.63) is 28.2 Å². The lowest BCUT2D eigenvalue weighted by Crippen LogP contribution is -2.20. The highest BCUT2D eigenvalue weighted by Gasteiger charge is 2.01. The maximum Gasteiger partial charge on any atom is 0.137 e. The van der Waals surface area contributed by atoms with Crippen LogP contribution >= 0.6 is 35.6 Å². The van der Waals surface area contributed by atoms with Crippen LogP contribution in [0, 0.1) is 0 Å². The molecule has 0 aliphatic carbocycles. The minimum atomic E-state index is 0. The summed E-state index contributed by atoms with van der Waals surface area (Å²) in [6, 6.07) is 5.15. The number of hydrogen-bond acceptors (Lipinski definition) is 3. The maximum atomic E-state index is 8.54. The molecular weight excluding hydrogens is 284 g/mol. The Balaban J connectivity index is 0.00000256. The number of hydrogen-bond donors (Lipinski definition) is 2. The molecule has 1 rings (SSSR count). The summed E-state index contributed by atoms with van der Waals surface area (Å²) < 4.78 is 5.48. The van der Waals surface area contributed by atoms with E-state index in [9.17, 15) is 0 Å². The number of rotatable bonds is 7. The van der Waals surface area contributed by atoms with Crippen LogP contribution in [0.5, 0.6) is 5.75 Å². The van der Waals surface area contributed by atoms with Gasteiger partial charge in [0.15, 0.2) is 0 Å². The van der Waals surface area contributed by atoms with Crippen molar-refractivity contribution in [1.82, 2.24) is 5.32 Å². The highest BCUT2D eigenvalue weighted by molar-refractivity contribution is 6.35. The van der Waals surface area contributed by atoms with Gasteiger partial charge < -0.3 is 15.2 Å². The maximum absolute atomic E-state index is 8.54. The van der Waals surface area contributed by atoms with Gasteiger partial charge in [-0.2, -0.15) is 0 Å². The molecule has 6 heteroatoms. The lowest BCUT2D eigenvalue weighted by molar-refractivity contribution is 0.282. The molecule has 3 nitrogen and oxygen atoms in total. The third kappa shape index (κ3) is 6.96. The molecule has 0 bridgehead atoms. The average molecular weight is 301 g/mol. The number of ether oxygens (including phenoxy) is 1. The number of aliphatic hydroxyl groups is 1. The molecule has 1 aromatic rings. The Kier molecular flexibility index (Phi) is 9.69. The third-order valence-corrected chi connectivity index (χ3v) is 2.47. The fourth-order valence-corrected chi connectivity index (χ4v) is 1.64. The first-order valence-electron chi connectivity index (χ1n) is 5.13.